The van der Waals surface area contributed by atoms with Gasteiger partial charge in [-0.1, -0.05) is 62.4 Å². The highest BCUT2D eigenvalue weighted by Crippen LogP contribution is 2.33. The zero-order valence-electron chi connectivity index (χ0n) is 16.3. The number of anilines is 1. The van der Waals surface area contributed by atoms with Crippen molar-refractivity contribution in [3.63, 3.8) is 0 Å². The molecule has 5 heteroatoms. The molecular weight excluding hydrogens is 354 g/mol. The Morgan fingerprint density at radius 2 is 1.79 bits per heavy atom. The van der Waals surface area contributed by atoms with Gasteiger partial charge < -0.3 is 9.64 Å². The number of rotatable bonds is 7. The van der Waals surface area contributed by atoms with Crippen molar-refractivity contribution < 1.29 is 19.1 Å². The molecule has 0 saturated carbocycles. The minimum absolute atomic E-state index is 0.0907. The van der Waals surface area contributed by atoms with E-state index in [1.54, 1.807) is 29.2 Å². The van der Waals surface area contributed by atoms with Crippen LogP contribution in [-0.2, 0) is 14.3 Å². The molecule has 0 radical (unpaired) electrons. The van der Waals surface area contributed by atoms with E-state index in [9.17, 15) is 14.4 Å². The Kier molecular flexibility index (Phi) is 6.24. The van der Waals surface area contributed by atoms with Crippen molar-refractivity contribution in [3.8, 4) is 0 Å². The monoisotopic (exact) mass is 379 g/mol. The number of benzene rings is 2. The van der Waals surface area contributed by atoms with Crippen LogP contribution in [0.2, 0.25) is 0 Å². The molecule has 1 saturated heterocycles. The van der Waals surface area contributed by atoms with Crippen molar-refractivity contribution in [2.45, 2.75) is 32.6 Å². The quantitative estimate of drug-likeness (QED) is 0.539. The largest absolute Gasteiger partial charge is 0.457 e. The molecule has 0 spiro atoms. The normalized spacial score (nSPS) is 17.4. The van der Waals surface area contributed by atoms with Crippen LogP contribution < -0.4 is 4.90 Å². The van der Waals surface area contributed by atoms with Gasteiger partial charge in [0.1, 0.15) is 0 Å². The van der Waals surface area contributed by atoms with E-state index in [2.05, 4.69) is 13.8 Å². The Morgan fingerprint density at radius 1 is 1.11 bits per heavy atom. The molecular formula is C23H25NO4. The van der Waals surface area contributed by atoms with E-state index in [4.69, 9.17) is 4.74 Å². The van der Waals surface area contributed by atoms with Crippen molar-refractivity contribution in [1.82, 2.24) is 0 Å². The number of ether oxygens (including phenoxy) is 1. The van der Waals surface area contributed by atoms with Gasteiger partial charge in [0.2, 0.25) is 5.91 Å². The van der Waals surface area contributed by atoms with Gasteiger partial charge in [0, 0.05) is 24.2 Å². The Morgan fingerprint density at radius 3 is 2.50 bits per heavy atom. The fourth-order valence-electron chi connectivity index (χ4n) is 3.43. The van der Waals surface area contributed by atoms with Gasteiger partial charge in [-0.25, -0.2) is 0 Å². The van der Waals surface area contributed by atoms with Gasteiger partial charge >= 0.3 is 5.97 Å². The average Bonchev–Trinajstić information content (AvgIpc) is 3.13. The molecule has 0 bridgehead atoms. The van der Waals surface area contributed by atoms with Crippen LogP contribution in [0.3, 0.4) is 0 Å². The smallest absolute Gasteiger partial charge is 0.311 e. The summed E-state index contributed by atoms with van der Waals surface area (Å²) in [7, 11) is 0. The predicted octanol–water partition coefficient (Wildman–Crippen LogP) is 3.98. The first-order valence-corrected chi connectivity index (χ1v) is 9.65. The zero-order valence-corrected chi connectivity index (χ0v) is 16.3. The van der Waals surface area contributed by atoms with Gasteiger partial charge in [0.25, 0.3) is 0 Å². The summed E-state index contributed by atoms with van der Waals surface area (Å²) in [5, 5.41) is 0. The molecule has 1 aliphatic rings. The summed E-state index contributed by atoms with van der Waals surface area (Å²) >= 11 is 0. The molecule has 1 fully saturated rings. The molecule has 0 aliphatic carbocycles. The molecule has 0 aromatic heterocycles. The third kappa shape index (κ3) is 4.30. The number of hydrogen-bond acceptors (Lipinski definition) is 4. The third-order valence-corrected chi connectivity index (χ3v) is 5.27. The lowest BCUT2D eigenvalue weighted by Crippen LogP contribution is -2.28. The molecule has 2 aromatic rings. The number of hydrogen-bond donors (Lipinski definition) is 0. The van der Waals surface area contributed by atoms with Crippen molar-refractivity contribution in [1.29, 1.82) is 0 Å². The lowest BCUT2D eigenvalue weighted by atomic mass is 9.96. The van der Waals surface area contributed by atoms with E-state index in [0.717, 1.165) is 17.7 Å². The van der Waals surface area contributed by atoms with Crippen molar-refractivity contribution in [2.75, 3.05) is 18.1 Å². The van der Waals surface area contributed by atoms with Crippen LogP contribution in [-0.4, -0.2) is 30.8 Å². The van der Waals surface area contributed by atoms with Crippen LogP contribution in [0.25, 0.3) is 0 Å². The van der Waals surface area contributed by atoms with Crippen LogP contribution in [0, 0.1) is 5.92 Å². The first-order valence-electron chi connectivity index (χ1n) is 9.65. The van der Waals surface area contributed by atoms with Gasteiger partial charge in [-0.15, -0.1) is 0 Å². The maximum atomic E-state index is 12.6. The lowest BCUT2D eigenvalue weighted by molar-refractivity contribution is -0.147. The molecule has 1 heterocycles. The molecule has 146 valence electrons. The van der Waals surface area contributed by atoms with E-state index in [0.29, 0.717) is 11.5 Å². The molecule has 5 nitrogen and oxygen atoms in total. The van der Waals surface area contributed by atoms with Crippen LogP contribution in [0.5, 0.6) is 0 Å². The number of ketones is 1. The van der Waals surface area contributed by atoms with Gasteiger partial charge in [-0.3, -0.25) is 14.4 Å². The molecule has 2 aromatic carbocycles. The molecule has 0 N–H and O–H groups in total. The van der Waals surface area contributed by atoms with Crippen LogP contribution in [0.15, 0.2) is 54.6 Å². The van der Waals surface area contributed by atoms with Crippen molar-refractivity contribution >= 4 is 23.3 Å². The summed E-state index contributed by atoms with van der Waals surface area (Å²) in [4.78, 5) is 38.8. The Bertz CT molecular complexity index is 862. The molecule has 2 atom stereocenters. The fraction of sp³-hybridized carbons (Fsp3) is 0.348. The van der Waals surface area contributed by atoms with Gasteiger partial charge in [-0.05, 0) is 24.0 Å². The molecule has 1 amide bonds. The first kappa shape index (κ1) is 19.8. The van der Waals surface area contributed by atoms with Crippen LogP contribution in [0.1, 0.15) is 48.5 Å². The minimum atomic E-state index is -0.555. The number of carbonyl (C=O) groups excluding carboxylic acids is 3. The van der Waals surface area contributed by atoms with Gasteiger partial charge in [0.15, 0.2) is 12.4 Å². The maximum Gasteiger partial charge on any atom is 0.311 e. The Balaban J connectivity index is 1.65. The Hall–Kier alpha value is -2.95. The first-order chi connectivity index (χ1) is 13.5. The standard InChI is InChI=1S/C23H25NO4/c1-3-16(2)19-11-7-8-12-20(19)24-14-18(13-22(24)26)23(27)28-15-21(25)17-9-5-4-6-10-17/h4-12,16,18H,3,13-15H2,1-2H3/t16-,18+/m0/s1. The number of Topliss-reactive ketones (excluding diaryl/α,β-unsaturated/α-hetero) is 1. The number of amides is 1. The van der Waals surface area contributed by atoms with E-state index >= 15 is 0 Å². The predicted molar refractivity (Wildman–Crippen MR) is 107 cm³/mol. The van der Waals surface area contributed by atoms with E-state index < -0.39 is 11.9 Å². The second-order valence-corrected chi connectivity index (χ2v) is 7.17. The van der Waals surface area contributed by atoms with E-state index in [-0.39, 0.29) is 31.3 Å². The van der Waals surface area contributed by atoms with Crippen LogP contribution >= 0.6 is 0 Å². The third-order valence-electron chi connectivity index (χ3n) is 5.27. The fourth-order valence-corrected chi connectivity index (χ4v) is 3.43. The van der Waals surface area contributed by atoms with E-state index in [1.807, 2.05) is 30.3 Å². The lowest BCUT2D eigenvalue weighted by Gasteiger charge is -2.23. The summed E-state index contributed by atoms with van der Waals surface area (Å²) in [6.45, 7) is 4.21. The maximum absolute atomic E-state index is 12.6. The highest BCUT2D eigenvalue weighted by atomic mass is 16.5. The second-order valence-electron chi connectivity index (χ2n) is 7.17. The van der Waals surface area contributed by atoms with Gasteiger partial charge in [-0.2, -0.15) is 0 Å². The van der Waals surface area contributed by atoms with Crippen molar-refractivity contribution in [2.24, 2.45) is 5.92 Å². The van der Waals surface area contributed by atoms with Crippen LogP contribution in [0.4, 0.5) is 5.69 Å². The molecule has 0 unspecified atom stereocenters. The SMILES string of the molecule is CC[C@H](C)c1ccccc1N1C[C@H](C(=O)OCC(=O)c2ccccc2)CC1=O. The highest BCUT2D eigenvalue weighted by Gasteiger charge is 2.37. The summed E-state index contributed by atoms with van der Waals surface area (Å²) < 4.78 is 5.21. The molecule has 3 rings (SSSR count). The summed E-state index contributed by atoms with van der Waals surface area (Å²) in [6, 6.07) is 16.5. The minimum Gasteiger partial charge on any atom is -0.457 e. The Labute approximate surface area is 165 Å². The number of nitrogens with zero attached hydrogens (tertiary/aromatic N) is 1. The molecule has 28 heavy (non-hydrogen) atoms. The summed E-state index contributed by atoms with van der Waals surface area (Å²) in [5.41, 5.74) is 2.46. The van der Waals surface area contributed by atoms with Gasteiger partial charge in [0.05, 0.1) is 5.92 Å². The summed E-state index contributed by atoms with van der Waals surface area (Å²) in [6.07, 6.45) is 1.07. The summed E-state index contributed by atoms with van der Waals surface area (Å²) in [5.74, 6) is -1.08. The second kappa shape index (κ2) is 8.83. The number of carbonyl (C=O) groups is 3. The van der Waals surface area contributed by atoms with E-state index in [1.165, 1.54) is 0 Å². The van der Waals surface area contributed by atoms with Crippen molar-refractivity contribution in [3.05, 3.63) is 65.7 Å². The number of para-hydroxylation sites is 1. The molecule has 1 aliphatic heterocycles. The average molecular weight is 379 g/mol. The zero-order chi connectivity index (χ0) is 20.1. The highest BCUT2D eigenvalue weighted by molar-refractivity contribution is 6.01. The number of esters is 1. The topological polar surface area (TPSA) is 63.7 Å².